The van der Waals surface area contributed by atoms with Crippen molar-refractivity contribution in [3.05, 3.63) is 21.4 Å². The summed E-state index contributed by atoms with van der Waals surface area (Å²) < 4.78 is 0. The lowest BCUT2D eigenvalue weighted by molar-refractivity contribution is 0.260. The minimum Gasteiger partial charge on any atom is -0.309 e. The molecule has 1 nitrogen and oxygen atoms in total. The Morgan fingerprint density at radius 2 is 2.00 bits per heavy atom. The Morgan fingerprint density at radius 3 is 2.67 bits per heavy atom. The fourth-order valence-corrected chi connectivity index (χ4v) is 4.39. The van der Waals surface area contributed by atoms with Gasteiger partial charge in [0.05, 0.1) is 0 Å². The van der Waals surface area contributed by atoms with Crippen molar-refractivity contribution in [2.45, 2.75) is 65.0 Å². The molecule has 2 aliphatic carbocycles. The Labute approximate surface area is 115 Å². The van der Waals surface area contributed by atoms with Crippen molar-refractivity contribution in [2.24, 2.45) is 11.8 Å². The highest BCUT2D eigenvalue weighted by Crippen LogP contribution is 2.43. The van der Waals surface area contributed by atoms with Crippen LogP contribution in [0.25, 0.3) is 0 Å². The minimum atomic E-state index is 0.784. The summed E-state index contributed by atoms with van der Waals surface area (Å²) in [5, 5.41) is 3.80. The van der Waals surface area contributed by atoms with Gasteiger partial charge in [-0.25, -0.2) is 0 Å². The molecule has 0 aromatic carbocycles. The van der Waals surface area contributed by atoms with Gasteiger partial charge in [0.1, 0.15) is 0 Å². The fourth-order valence-electron chi connectivity index (χ4n) is 3.39. The third-order valence-corrected chi connectivity index (χ3v) is 5.94. The van der Waals surface area contributed by atoms with E-state index >= 15 is 0 Å². The molecule has 3 rings (SSSR count). The molecule has 0 spiro atoms. The standard InChI is InChI=1S/C16H25NS/c1-11-8-16(18-12(11)2)10-17-15-5-3-4-14(9-15)13-6-7-13/h8,13-15,17H,3-7,9-10H2,1-2H3. The molecule has 1 aromatic heterocycles. The first-order valence-corrected chi connectivity index (χ1v) is 8.33. The second-order valence-corrected chi connectivity index (χ2v) is 7.63. The zero-order valence-corrected chi connectivity index (χ0v) is 12.5. The van der Waals surface area contributed by atoms with Crippen molar-refractivity contribution >= 4 is 11.3 Å². The topological polar surface area (TPSA) is 12.0 Å². The van der Waals surface area contributed by atoms with Crippen LogP contribution in [-0.4, -0.2) is 6.04 Å². The molecule has 2 aliphatic rings. The van der Waals surface area contributed by atoms with Crippen LogP contribution >= 0.6 is 11.3 Å². The first-order chi connectivity index (χ1) is 8.72. The van der Waals surface area contributed by atoms with E-state index in [1.807, 2.05) is 11.3 Å². The number of nitrogens with one attached hydrogen (secondary N) is 1. The summed E-state index contributed by atoms with van der Waals surface area (Å²) in [6, 6.07) is 3.14. The largest absolute Gasteiger partial charge is 0.309 e. The fraction of sp³-hybridized carbons (Fsp3) is 0.750. The number of hydrogen-bond acceptors (Lipinski definition) is 2. The zero-order valence-electron chi connectivity index (χ0n) is 11.7. The summed E-state index contributed by atoms with van der Waals surface area (Å²) in [4.78, 5) is 2.99. The molecule has 18 heavy (non-hydrogen) atoms. The Balaban J connectivity index is 1.50. The highest BCUT2D eigenvalue weighted by molar-refractivity contribution is 7.12. The van der Waals surface area contributed by atoms with Gasteiger partial charge in [0.15, 0.2) is 0 Å². The number of hydrogen-bond donors (Lipinski definition) is 1. The maximum Gasteiger partial charge on any atom is 0.0302 e. The molecule has 0 amide bonds. The van der Waals surface area contributed by atoms with Crippen molar-refractivity contribution < 1.29 is 0 Å². The summed E-state index contributed by atoms with van der Waals surface area (Å²) in [5.74, 6) is 2.14. The van der Waals surface area contributed by atoms with E-state index in [0.29, 0.717) is 0 Å². The Kier molecular flexibility index (Phi) is 3.76. The molecule has 2 fully saturated rings. The van der Waals surface area contributed by atoms with Gasteiger partial charge in [0.2, 0.25) is 0 Å². The highest BCUT2D eigenvalue weighted by atomic mass is 32.1. The van der Waals surface area contributed by atoms with E-state index in [2.05, 4.69) is 25.2 Å². The Hall–Kier alpha value is -0.340. The molecule has 2 atom stereocenters. The van der Waals surface area contributed by atoms with Gasteiger partial charge in [-0.3, -0.25) is 0 Å². The van der Waals surface area contributed by atoms with Crippen LogP contribution in [0, 0.1) is 25.7 Å². The number of aryl methyl sites for hydroxylation is 2. The van der Waals surface area contributed by atoms with E-state index in [0.717, 1.165) is 24.4 Å². The first-order valence-electron chi connectivity index (χ1n) is 7.51. The molecule has 2 heteroatoms. The van der Waals surface area contributed by atoms with Gasteiger partial charge in [-0.2, -0.15) is 0 Å². The lowest BCUT2D eigenvalue weighted by Gasteiger charge is -2.29. The summed E-state index contributed by atoms with van der Waals surface area (Å²) in [7, 11) is 0. The third kappa shape index (κ3) is 2.97. The second kappa shape index (κ2) is 5.34. The lowest BCUT2D eigenvalue weighted by Crippen LogP contribution is -2.34. The predicted octanol–water partition coefficient (Wildman–Crippen LogP) is 4.42. The summed E-state index contributed by atoms with van der Waals surface area (Å²) in [6.07, 6.45) is 8.81. The quantitative estimate of drug-likeness (QED) is 0.847. The Bertz CT molecular complexity index is 386. The predicted molar refractivity (Wildman–Crippen MR) is 79.1 cm³/mol. The van der Waals surface area contributed by atoms with Crippen molar-refractivity contribution in [2.75, 3.05) is 0 Å². The molecule has 0 saturated heterocycles. The summed E-state index contributed by atoms with van der Waals surface area (Å²) in [5.41, 5.74) is 1.45. The Morgan fingerprint density at radius 1 is 1.17 bits per heavy atom. The maximum absolute atomic E-state index is 3.80. The van der Waals surface area contributed by atoms with Crippen LogP contribution in [0.4, 0.5) is 0 Å². The smallest absolute Gasteiger partial charge is 0.0302 e. The van der Waals surface area contributed by atoms with Crippen molar-refractivity contribution in [3.63, 3.8) is 0 Å². The van der Waals surface area contributed by atoms with E-state index in [1.165, 1.54) is 53.8 Å². The molecular weight excluding hydrogens is 238 g/mol. The number of rotatable bonds is 4. The van der Waals surface area contributed by atoms with E-state index < -0.39 is 0 Å². The van der Waals surface area contributed by atoms with E-state index in [9.17, 15) is 0 Å². The van der Waals surface area contributed by atoms with Gasteiger partial charge in [-0.1, -0.05) is 12.8 Å². The van der Waals surface area contributed by atoms with Crippen LogP contribution in [0.15, 0.2) is 6.07 Å². The van der Waals surface area contributed by atoms with Crippen LogP contribution in [-0.2, 0) is 6.54 Å². The molecule has 1 heterocycles. The summed E-state index contributed by atoms with van der Waals surface area (Å²) in [6.45, 7) is 5.54. The van der Waals surface area contributed by atoms with Crippen LogP contribution < -0.4 is 5.32 Å². The maximum atomic E-state index is 3.80. The SMILES string of the molecule is Cc1cc(CNC2CCCC(C3CC3)C2)sc1C. The first kappa shape index (κ1) is 12.7. The van der Waals surface area contributed by atoms with Crippen molar-refractivity contribution in [1.29, 1.82) is 0 Å². The monoisotopic (exact) mass is 263 g/mol. The van der Waals surface area contributed by atoms with E-state index in [1.54, 1.807) is 0 Å². The molecule has 0 bridgehead atoms. The highest BCUT2D eigenvalue weighted by Gasteiger charge is 2.34. The zero-order chi connectivity index (χ0) is 12.5. The average Bonchev–Trinajstić information content (AvgIpc) is 3.16. The van der Waals surface area contributed by atoms with Gasteiger partial charge in [-0.15, -0.1) is 11.3 Å². The van der Waals surface area contributed by atoms with Crippen LogP contribution in [0.2, 0.25) is 0 Å². The van der Waals surface area contributed by atoms with Gasteiger partial charge in [0.25, 0.3) is 0 Å². The second-order valence-electron chi connectivity index (χ2n) is 6.29. The molecule has 0 aliphatic heterocycles. The van der Waals surface area contributed by atoms with Crippen LogP contribution in [0.5, 0.6) is 0 Å². The van der Waals surface area contributed by atoms with Crippen LogP contribution in [0.1, 0.15) is 53.8 Å². The minimum absolute atomic E-state index is 0.784. The van der Waals surface area contributed by atoms with E-state index in [-0.39, 0.29) is 0 Å². The molecule has 0 radical (unpaired) electrons. The number of thiophene rings is 1. The van der Waals surface area contributed by atoms with Gasteiger partial charge >= 0.3 is 0 Å². The van der Waals surface area contributed by atoms with Crippen molar-refractivity contribution in [1.82, 2.24) is 5.32 Å². The van der Waals surface area contributed by atoms with Crippen LogP contribution in [0.3, 0.4) is 0 Å². The molecule has 1 aromatic rings. The normalized spacial score (nSPS) is 28.6. The molecule has 100 valence electrons. The van der Waals surface area contributed by atoms with Gasteiger partial charge in [0, 0.05) is 22.3 Å². The summed E-state index contributed by atoms with van der Waals surface area (Å²) >= 11 is 1.96. The average molecular weight is 263 g/mol. The third-order valence-electron chi connectivity index (χ3n) is 4.79. The van der Waals surface area contributed by atoms with E-state index in [4.69, 9.17) is 0 Å². The van der Waals surface area contributed by atoms with Gasteiger partial charge in [-0.05, 0) is 63.0 Å². The molecule has 1 N–H and O–H groups in total. The molecule has 2 saturated carbocycles. The molecular formula is C16H25NS. The molecule has 2 unspecified atom stereocenters. The van der Waals surface area contributed by atoms with Gasteiger partial charge < -0.3 is 5.32 Å². The lowest BCUT2D eigenvalue weighted by atomic mass is 9.83. The van der Waals surface area contributed by atoms with Crippen molar-refractivity contribution in [3.8, 4) is 0 Å².